The Balaban J connectivity index is 0.000000192. The number of rotatable bonds is 6. The van der Waals surface area contributed by atoms with E-state index in [9.17, 15) is 18.4 Å². The van der Waals surface area contributed by atoms with Crippen molar-refractivity contribution in [2.75, 3.05) is 25.3 Å². The minimum absolute atomic E-state index is 0.166. The van der Waals surface area contributed by atoms with E-state index < -0.39 is 11.8 Å². The molecule has 2 aromatic carbocycles. The Morgan fingerprint density at radius 2 is 1.25 bits per heavy atom. The van der Waals surface area contributed by atoms with Crippen molar-refractivity contribution in [2.24, 2.45) is 0 Å². The minimum Gasteiger partial charge on any atom is -0.465 e. The average molecular weight is 758 g/mol. The van der Waals surface area contributed by atoms with E-state index >= 15 is 0 Å². The van der Waals surface area contributed by atoms with Crippen molar-refractivity contribution in [3.8, 4) is 11.6 Å². The van der Waals surface area contributed by atoms with Crippen LogP contribution in [0.5, 0.6) is 0 Å². The van der Waals surface area contributed by atoms with Gasteiger partial charge in [-0.3, -0.25) is 0 Å². The summed E-state index contributed by atoms with van der Waals surface area (Å²) in [5.41, 5.74) is 8.72. The zero-order valence-electron chi connectivity index (χ0n) is 27.4. The minimum atomic E-state index is -0.429. The quantitative estimate of drug-likeness (QED) is 0.0972. The van der Waals surface area contributed by atoms with Gasteiger partial charge in [0.25, 0.3) is 0 Å². The van der Waals surface area contributed by atoms with Crippen LogP contribution in [0.4, 0.5) is 26.1 Å². The number of ether oxygens (including phenoxy) is 2. The number of nitrogen functional groups attached to an aromatic ring is 1. The summed E-state index contributed by atoms with van der Waals surface area (Å²) in [5, 5.41) is 3.60. The lowest BCUT2D eigenvalue weighted by atomic mass is 10.3. The van der Waals surface area contributed by atoms with E-state index in [0.717, 1.165) is 11.1 Å². The molecule has 3 N–H and O–H groups in total. The zero-order valence-corrected chi connectivity index (χ0v) is 29.6. The second-order valence-corrected chi connectivity index (χ2v) is 11.5. The maximum absolute atomic E-state index is 13.1. The molecule has 0 fully saturated rings. The molecule has 264 valence electrons. The molecule has 0 aliphatic carbocycles. The molecule has 0 saturated heterocycles. The molecule has 0 atom stereocenters. The van der Waals surface area contributed by atoms with Crippen LogP contribution in [-0.4, -0.2) is 55.2 Å². The summed E-state index contributed by atoms with van der Waals surface area (Å²) in [6.07, 6.45) is 9.95. The highest BCUT2D eigenvalue weighted by molar-refractivity contribution is 6.33. The molecule has 0 bridgehead atoms. The summed E-state index contributed by atoms with van der Waals surface area (Å²) in [6, 6.07) is 11.2. The number of esters is 2. The van der Waals surface area contributed by atoms with Crippen molar-refractivity contribution in [1.29, 1.82) is 0 Å². The Labute approximate surface area is 305 Å². The van der Waals surface area contributed by atoms with Gasteiger partial charge in [-0.15, -0.1) is 0 Å². The number of carbonyl (C=O) groups is 2. The maximum atomic E-state index is 13.1. The summed E-state index contributed by atoms with van der Waals surface area (Å²) >= 11 is 17.2. The fourth-order valence-corrected chi connectivity index (χ4v) is 4.69. The number of hydrogen-bond donors (Lipinski definition) is 2. The number of aryl methyl sites for hydroxylation is 2. The van der Waals surface area contributed by atoms with Crippen molar-refractivity contribution >= 4 is 64.1 Å². The molecule has 6 rings (SSSR count). The lowest BCUT2D eigenvalue weighted by Gasteiger charge is -2.10. The third-order valence-electron chi connectivity index (χ3n) is 6.72. The lowest BCUT2D eigenvalue weighted by Crippen LogP contribution is -2.05. The molecule has 0 spiro atoms. The third kappa shape index (κ3) is 10.2. The first-order valence-corrected chi connectivity index (χ1v) is 15.7. The number of carbonyl (C=O) groups excluding carboxylic acids is 2. The van der Waals surface area contributed by atoms with Gasteiger partial charge in [0, 0.05) is 48.3 Å². The van der Waals surface area contributed by atoms with Crippen LogP contribution in [0, 0.1) is 25.5 Å². The number of nitrogens with zero attached hydrogens (tertiary/aromatic N) is 6. The van der Waals surface area contributed by atoms with Crippen LogP contribution in [0.3, 0.4) is 0 Å². The predicted octanol–water partition coefficient (Wildman–Crippen LogP) is 7.98. The van der Waals surface area contributed by atoms with E-state index in [4.69, 9.17) is 45.3 Å². The molecule has 0 saturated carbocycles. The van der Waals surface area contributed by atoms with Gasteiger partial charge in [-0.2, -0.15) is 9.97 Å². The number of anilines is 3. The van der Waals surface area contributed by atoms with E-state index in [1.165, 1.54) is 50.6 Å². The Bertz CT molecular complexity index is 2180. The van der Waals surface area contributed by atoms with Crippen LogP contribution in [0.25, 0.3) is 11.6 Å². The number of nitrogens with one attached hydrogen (secondary N) is 1. The second-order valence-electron chi connectivity index (χ2n) is 10.4. The maximum Gasteiger partial charge on any atom is 0.339 e. The largest absolute Gasteiger partial charge is 0.465 e. The van der Waals surface area contributed by atoms with Crippen LogP contribution in [0.1, 0.15) is 31.8 Å². The zero-order chi connectivity index (χ0) is 37.2. The fourth-order valence-electron chi connectivity index (χ4n) is 4.17. The van der Waals surface area contributed by atoms with Crippen LogP contribution in [-0.2, 0) is 9.47 Å². The van der Waals surface area contributed by atoms with Crippen molar-refractivity contribution in [3.63, 3.8) is 0 Å². The first-order chi connectivity index (χ1) is 24.3. The Kier molecular flexibility index (Phi) is 13.0. The Morgan fingerprint density at radius 3 is 1.76 bits per heavy atom. The van der Waals surface area contributed by atoms with Gasteiger partial charge in [0.1, 0.15) is 23.3 Å². The van der Waals surface area contributed by atoms with Gasteiger partial charge in [0.15, 0.2) is 0 Å². The average Bonchev–Trinajstić information content (AvgIpc) is 3.81. The molecule has 0 aliphatic rings. The molecule has 0 amide bonds. The summed E-state index contributed by atoms with van der Waals surface area (Å²) in [6.45, 7) is 3.71. The third-order valence-corrected chi connectivity index (χ3v) is 7.54. The number of halogens is 5. The normalized spacial score (nSPS) is 10.3. The predicted molar refractivity (Wildman–Crippen MR) is 190 cm³/mol. The van der Waals surface area contributed by atoms with Gasteiger partial charge >= 0.3 is 11.9 Å². The van der Waals surface area contributed by atoms with E-state index in [2.05, 4.69) is 30.0 Å². The van der Waals surface area contributed by atoms with Gasteiger partial charge in [-0.05, 0) is 74.0 Å². The topological polar surface area (TPSA) is 152 Å². The van der Waals surface area contributed by atoms with Crippen LogP contribution in [0.15, 0.2) is 85.7 Å². The van der Waals surface area contributed by atoms with Gasteiger partial charge in [0.05, 0.1) is 46.8 Å². The Morgan fingerprint density at radius 1 is 0.745 bits per heavy atom. The molecule has 4 heterocycles. The lowest BCUT2D eigenvalue weighted by molar-refractivity contribution is 0.0592. The fraction of sp³-hybridized carbons (Fsp3) is 0.118. The van der Waals surface area contributed by atoms with Gasteiger partial charge in [-0.25, -0.2) is 28.3 Å². The molecule has 0 unspecified atom stereocenters. The van der Waals surface area contributed by atoms with E-state index in [0.29, 0.717) is 40.1 Å². The number of methoxy groups -OCH3 is 2. The summed E-state index contributed by atoms with van der Waals surface area (Å²) in [4.78, 5) is 39.5. The van der Waals surface area contributed by atoms with E-state index in [1.54, 1.807) is 58.4 Å². The molecule has 51 heavy (non-hydrogen) atoms. The molecule has 17 heteroatoms. The van der Waals surface area contributed by atoms with E-state index in [1.807, 2.05) is 13.8 Å². The molecule has 4 aromatic heterocycles. The SMILES string of the molecule is COC(=O)c1ccn(-c2nc(Cl)ncc2C)c1.COC(=O)c1ccn(-c2nc(Nc3ccc(F)cc3Cl)ncc2C)c1.Nc1ccc(F)cc1Cl. The van der Waals surface area contributed by atoms with Crippen LogP contribution in [0.2, 0.25) is 15.3 Å². The molecular formula is C34H29Cl3F2N8O4. The second kappa shape index (κ2) is 17.4. The smallest absolute Gasteiger partial charge is 0.339 e. The summed E-state index contributed by atoms with van der Waals surface area (Å²) in [5.74, 6) is -0.0881. The molecule has 0 aliphatic heterocycles. The highest BCUT2D eigenvalue weighted by atomic mass is 35.5. The monoisotopic (exact) mass is 756 g/mol. The molecule has 12 nitrogen and oxygen atoms in total. The van der Waals surface area contributed by atoms with Gasteiger partial charge in [-0.1, -0.05) is 23.2 Å². The number of hydrogen-bond acceptors (Lipinski definition) is 10. The highest BCUT2D eigenvalue weighted by Gasteiger charge is 2.13. The first-order valence-electron chi connectivity index (χ1n) is 14.6. The summed E-state index contributed by atoms with van der Waals surface area (Å²) in [7, 11) is 2.66. The number of aromatic nitrogens is 6. The number of benzene rings is 2. The standard InChI is InChI=1S/C17H14ClFN4O2.C11H10ClN3O2.C6H5ClFN/c1-10-8-20-17(21-14-4-3-12(19)7-13(14)18)22-15(10)23-6-5-11(9-23)16(24)25-2;1-7-5-13-11(12)14-9(7)15-4-3-8(6-15)10(16)17-2;7-5-3-4(8)1-2-6(5)9/h3-9H,1-2H3,(H,20,21,22);3-6H,1-2H3;1-3H,9H2. The number of nitrogens with two attached hydrogens (primary N) is 1. The highest BCUT2D eigenvalue weighted by Crippen LogP contribution is 2.26. The van der Waals surface area contributed by atoms with Crippen molar-refractivity contribution in [1.82, 2.24) is 29.1 Å². The summed E-state index contributed by atoms with van der Waals surface area (Å²) < 4.78 is 38.1. The van der Waals surface area contributed by atoms with Gasteiger partial charge < -0.3 is 29.7 Å². The Hall–Kier alpha value is -5.57. The van der Waals surface area contributed by atoms with Gasteiger partial charge in [0.2, 0.25) is 11.2 Å². The molecule has 0 radical (unpaired) electrons. The van der Waals surface area contributed by atoms with Crippen molar-refractivity contribution in [3.05, 3.63) is 135 Å². The van der Waals surface area contributed by atoms with Crippen LogP contribution < -0.4 is 11.1 Å². The molecule has 6 aromatic rings. The van der Waals surface area contributed by atoms with Crippen molar-refractivity contribution < 1.29 is 27.8 Å². The van der Waals surface area contributed by atoms with Crippen molar-refractivity contribution in [2.45, 2.75) is 13.8 Å². The van der Waals surface area contributed by atoms with E-state index in [-0.39, 0.29) is 27.1 Å². The van der Waals surface area contributed by atoms with Crippen LogP contribution >= 0.6 is 34.8 Å². The molecular weight excluding hydrogens is 729 g/mol. The first kappa shape index (κ1) is 38.2.